The molecule has 1 aromatic heterocycles. The molecule has 2 aliphatic rings. The molecule has 12 heteroatoms. The van der Waals surface area contributed by atoms with Crippen molar-refractivity contribution in [3.8, 4) is 11.5 Å². The molecule has 2 aliphatic heterocycles. The summed E-state index contributed by atoms with van der Waals surface area (Å²) in [6, 6.07) is 15.5. The number of rotatable bonds is 9. The Labute approximate surface area is 243 Å². The van der Waals surface area contributed by atoms with E-state index < -0.39 is 6.36 Å². The van der Waals surface area contributed by atoms with Crippen molar-refractivity contribution in [3.05, 3.63) is 66.4 Å². The van der Waals surface area contributed by atoms with E-state index in [1.165, 1.54) is 24.3 Å². The number of aromatic nitrogens is 1. The zero-order valence-electron chi connectivity index (χ0n) is 23.4. The fraction of sp³-hybridized carbons (Fsp3) is 0.400. The van der Waals surface area contributed by atoms with Gasteiger partial charge in [-0.15, -0.1) is 13.2 Å². The Morgan fingerprint density at radius 2 is 1.79 bits per heavy atom. The molecule has 0 radical (unpaired) electrons. The molecule has 3 heterocycles. The number of hydrogen-bond donors (Lipinski definition) is 3. The average Bonchev–Trinajstić information content (AvgIpc) is 3.00. The first-order chi connectivity index (χ1) is 20.3. The van der Waals surface area contributed by atoms with Crippen molar-refractivity contribution in [2.75, 3.05) is 61.5 Å². The molecule has 0 spiro atoms. The zero-order valence-corrected chi connectivity index (χ0v) is 23.4. The largest absolute Gasteiger partial charge is 0.573 e. The maximum atomic E-state index is 13.0. The van der Waals surface area contributed by atoms with Gasteiger partial charge >= 0.3 is 6.36 Å². The number of piperidine rings is 1. The standard InChI is InChI=1S/C30H35F3N6O3/c1-41-27-17-23(38-15-12-34-13-16-38)6-9-26(27)37-28-18-24(10-11-35-28)39-14-2-3-22(20-39)29(40)36-19-21-4-7-25(8-5-21)42-30(31,32)33/h4-11,17-18,22,34H,2-3,12-16,19-20H2,1H3,(H,35,37)(H,36,40)/t22-/m0/s1. The highest BCUT2D eigenvalue weighted by atomic mass is 19.4. The van der Waals surface area contributed by atoms with E-state index in [4.69, 9.17) is 4.74 Å². The van der Waals surface area contributed by atoms with Gasteiger partial charge in [-0.05, 0) is 48.7 Å². The number of halogens is 3. The minimum atomic E-state index is -4.74. The van der Waals surface area contributed by atoms with Gasteiger partial charge in [0.05, 0.1) is 18.7 Å². The maximum absolute atomic E-state index is 13.0. The van der Waals surface area contributed by atoms with Crippen LogP contribution < -0.4 is 35.2 Å². The monoisotopic (exact) mass is 584 g/mol. The van der Waals surface area contributed by atoms with Crippen LogP contribution in [-0.4, -0.2) is 63.6 Å². The van der Waals surface area contributed by atoms with Gasteiger partial charge < -0.3 is 35.2 Å². The summed E-state index contributed by atoms with van der Waals surface area (Å²) in [6.45, 7) is 5.39. The fourth-order valence-corrected chi connectivity index (χ4v) is 5.29. The van der Waals surface area contributed by atoms with Gasteiger partial charge in [0.15, 0.2) is 0 Å². The summed E-state index contributed by atoms with van der Waals surface area (Å²) in [7, 11) is 1.65. The van der Waals surface area contributed by atoms with Crippen LogP contribution in [0.4, 0.5) is 36.1 Å². The number of carbonyl (C=O) groups excluding carboxylic acids is 1. The Kier molecular flexibility index (Phi) is 9.21. The van der Waals surface area contributed by atoms with Crippen LogP contribution in [0.25, 0.3) is 0 Å². The average molecular weight is 585 g/mol. The zero-order chi connectivity index (χ0) is 29.5. The predicted octanol–water partition coefficient (Wildman–Crippen LogP) is 4.67. The molecule has 0 unspecified atom stereocenters. The fourth-order valence-electron chi connectivity index (χ4n) is 5.29. The molecule has 1 amide bonds. The molecule has 0 aliphatic carbocycles. The third-order valence-corrected chi connectivity index (χ3v) is 7.45. The Morgan fingerprint density at radius 1 is 1.02 bits per heavy atom. The van der Waals surface area contributed by atoms with Crippen molar-refractivity contribution < 1.29 is 27.4 Å². The van der Waals surface area contributed by atoms with Gasteiger partial charge in [0.25, 0.3) is 0 Å². The van der Waals surface area contributed by atoms with E-state index in [9.17, 15) is 18.0 Å². The lowest BCUT2D eigenvalue weighted by Gasteiger charge is -2.34. The number of pyridine rings is 1. The molecular formula is C30H35F3N6O3. The Bertz CT molecular complexity index is 1350. The molecule has 9 nitrogen and oxygen atoms in total. The molecule has 0 saturated carbocycles. The van der Waals surface area contributed by atoms with Crippen LogP contribution in [0.15, 0.2) is 60.8 Å². The lowest BCUT2D eigenvalue weighted by atomic mass is 9.96. The highest BCUT2D eigenvalue weighted by Gasteiger charge is 2.31. The number of nitrogens with zero attached hydrogens (tertiary/aromatic N) is 3. The molecule has 5 rings (SSSR count). The normalized spacial score (nSPS) is 17.5. The SMILES string of the molecule is COc1cc(N2CCNCC2)ccc1Nc1cc(N2CCC[C@H](C(=O)NCc3ccc(OC(F)(F)F)cc3)C2)ccn1. The van der Waals surface area contributed by atoms with Crippen LogP contribution in [0.1, 0.15) is 18.4 Å². The van der Waals surface area contributed by atoms with Gasteiger partial charge in [-0.25, -0.2) is 4.98 Å². The van der Waals surface area contributed by atoms with Crippen molar-refractivity contribution in [2.24, 2.45) is 5.92 Å². The van der Waals surface area contributed by atoms with Crippen molar-refractivity contribution in [1.82, 2.24) is 15.6 Å². The molecule has 2 fully saturated rings. The van der Waals surface area contributed by atoms with Crippen LogP contribution >= 0.6 is 0 Å². The first-order valence-corrected chi connectivity index (χ1v) is 14.0. The Morgan fingerprint density at radius 3 is 2.52 bits per heavy atom. The van der Waals surface area contributed by atoms with Crippen molar-refractivity contribution >= 4 is 28.8 Å². The van der Waals surface area contributed by atoms with E-state index in [-0.39, 0.29) is 24.1 Å². The van der Waals surface area contributed by atoms with E-state index in [1.54, 1.807) is 13.3 Å². The lowest BCUT2D eigenvalue weighted by Crippen LogP contribution is -2.43. The smallest absolute Gasteiger partial charge is 0.494 e. The Balaban J connectivity index is 1.18. The van der Waals surface area contributed by atoms with Crippen molar-refractivity contribution in [1.29, 1.82) is 0 Å². The third-order valence-electron chi connectivity index (χ3n) is 7.45. The van der Waals surface area contributed by atoms with Crippen molar-refractivity contribution in [3.63, 3.8) is 0 Å². The van der Waals surface area contributed by atoms with Gasteiger partial charge in [0.2, 0.25) is 5.91 Å². The van der Waals surface area contributed by atoms with Crippen LogP contribution in [0.5, 0.6) is 11.5 Å². The highest BCUT2D eigenvalue weighted by molar-refractivity contribution is 5.79. The van der Waals surface area contributed by atoms with Crippen LogP contribution in [0.3, 0.4) is 0 Å². The first kappa shape index (κ1) is 29.3. The number of alkyl halides is 3. The number of methoxy groups -OCH3 is 1. The van der Waals surface area contributed by atoms with E-state index >= 15 is 0 Å². The van der Waals surface area contributed by atoms with Gasteiger partial charge in [0.1, 0.15) is 17.3 Å². The van der Waals surface area contributed by atoms with Gasteiger partial charge in [-0.2, -0.15) is 0 Å². The van der Waals surface area contributed by atoms with E-state index in [0.717, 1.165) is 68.4 Å². The third kappa shape index (κ3) is 7.75. The molecule has 2 saturated heterocycles. The molecule has 42 heavy (non-hydrogen) atoms. The number of benzene rings is 2. The number of hydrogen-bond acceptors (Lipinski definition) is 8. The lowest BCUT2D eigenvalue weighted by molar-refractivity contribution is -0.274. The van der Waals surface area contributed by atoms with Gasteiger partial charge in [0, 0.05) is 75.5 Å². The molecule has 1 atom stereocenters. The number of nitrogens with one attached hydrogen (secondary N) is 3. The molecular weight excluding hydrogens is 549 g/mol. The van der Waals surface area contributed by atoms with Gasteiger partial charge in [-0.3, -0.25) is 4.79 Å². The second kappa shape index (κ2) is 13.2. The second-order valence-corrected chi connectivity index (χ2v) is 10.3. The number of ether oxygens (including phenoxy) is 2. The minimum absolute atomic E-state index is 0.0861. The van der Waals surface area contributed by atoms with E-state index in [0.29, 0.717) is 17.9 Å². The van der Waals surface area contributed by atoms with Crippen molar-refractivity contribution in [2.45, 2.75) is 25.7 Å². The van der Waals surface area contributed by atoms with Crippen LogP contribution in [0, 0.1) is 5.92 Å². The summed E-state index contributed by atoms with van der Waals surface area (Å²) in [5.74, 6) is 0.809. The predicted molar refractivity (Wildman–Crippen MR) is 156 cm³/mol. The summed E-state index contributed by atoms with van der Waals surface area (Å²) in [5.41, 5.74) is 3.58. The minimum Gasteiger partial charge on any atom is -0.494 e. The van der Waals surface area contributed by atoms with Crippen LogP contribution in [0.2, 0.25) is 0 Å². The van der Waals surface area contributed by atoms with Crippen LogP contribution in [-0.2, 0) is 11.3 Å². The molecule has 2 aromatic carbocycles. The van der Waals surface area contributed by atoms with E-state index in [2.05, 4.69) is 41.5 Å². The first-order valence-electron chi connectivity index (χ1n) is 14.0. The highest BCUT2D eigenvalue weighted by Crippen LogP contribution is 2.33. The summed E-state index contributed by atoms with van der Waals surface area (Å²) in [6.07, 6.45) is -1.38. The summed E-state index contributed by atoms with van der Waals surface area (Å²) < 4.78 is 46.7. The quantitative estimate of drug-likeness (QED) is 0.334. The number of carbonyl (C=O) groups is 1. The van der Waals surface area contributed by atoms with E-state index in [1.807, 2.05) is 24.3 Å². The molecule has 0 bridgehead atoms. The Hall–Kier alpha value is -4.19. The number of amides is 1. The summed E-state index contributed by atoms with van der Waals surface area (Å²) in [4.78, 5) is 22.0. The molecule has 224 valence electrons. The van der Waals surface area contributed by atoms with Gasteiger partial charge in [-0.1, -0.05) is 12.1 Å². The topological polar surface area (TPSA) is 91.0 Å². The number of piperazine rings is 1. The summed E-state index contributed by atoms with van der Waals surface area (Å²) >= 11 is 0. The molecule has 3 N–H and O–H groups in total. The maximum Gasteiger partial charge on any atom is 0.573 e. The second-order valence-electron chi connectivity index (χ2n) is 10.3. The molecule has 3 aromatic rings. The number of anilines is 4. The summed E-state index contributed by atoms with van der Waals surface area (Å²) in [5, 5.41) is 9.66.